The number of rotatable bonds is 10. The van der Waals surface area contributed by atoms with Gasteiger partial charge in [-0.05, 0) is 43.9 Å². The van der Waals surface area contributed by atoms with Gasteiger partial charge < -0.3 is 39.3 Å². The van der Waals surface area contributed by atoms with Crippen LogP contribution in [0, 0.1) is 5.92 Å². The molecule has 34 heavy (non-hydrogen) atoms. The van der Waals surface area contributed by atoms with Crippen molar-refractivity contribution < 1.29 is 52.7 Å². The zero-order valence-electron chi connectivity index (χ0n) is 19.9. The van der Waals surface area contributed by atoms with E-state index in [-0.39, 0.29) is 29.9 Å². The second kappa shape index (κ2) is 13.2. The van der Waals surface area contributed by atoms with Crippen molar-refractivity contribution >= 4 is 24.4 Å². The first kappa shape index (κ1) is 28.5. The molecule has 0 aliphatic heterocycles. The molecule has 0 radical (unpaired) electrons. The van der Waals surface area contributed by atoms with Crippen LogP contribution in [0.25, 0.3) is 0 Å². The summed E-state index contributed by atoms with van der Waals surface area (Å²) in [7, 11) is 2.17. The van der Waals surface area contributed by atoms with E-state index in [1.54, 1.807) is 13.8 Å². The van der Waals surface area contributed by atoms with Crippen molar-refractivity contribution in [3.05, 3.63) is 23.8 Å². The quantitative estimate of drug-likeness (QED) is 0.281. The fourth-order valence-corrected chi connectivity index (χ4v) is 2.73. The summed E-state index contributed by atoms with van der Waals surface area (Å²) in [5.41, 5.74) is 6.21. The van der Waals surface area contributed by atoms with Gasteiger partial charge in [-0.2, -0.15) is 0 Å². The number of aliphatic carboxylic acids is 1. The average molecular weight is 485 g/mol. The van der Waals surface area contributed by atoms with Crippen LogP contribution < -0.4 is 15.2 Å². The molecule has 0 saturated heterocycles. The Morgan fingerprint density at radius 3 is 1.94 bits per heavy atom. The number of carbonyl (C=O) groups excluding carboxylic acids is 3. The summed E-state index contributed by atoms with van der Waals surface area (Å²) in [6.07, 6.45) is -4.24. The van der Waals surface area contributed by atoms with E-state index in [9.17, 15) is 24.3 Å². The van der Waals surface area contributed by atoms with Crippen LogP contribution in [0.3, 0.4) is 0 Å². The standard InChI is InChI=1S/C22H31NO11/c1-11(2)13(4)32-22(28)31-12(3)9-15(18(23)19(24)25)14-7-8-16(33-20(26)29-5)17(10-14)34-21(27)30-6/h7-8,10-13,15,18H,9,23H2,1-6H3,(H,24,25)/t12?,13?,15?,18-/m0/s1. The molecule has 12 nitrogen and oxygen atoms in total. The molecule has 12 heteroatoms. The molecule has 1 aromatic carbocycles. The van der Waals surface area contributed by atoms with Gasteiger partial charge in [0.2, 0.25) is 0 Å². The van der Waals surface area contributed by atoms with Gasteiger partial charge in [-0.1, -0.05) is 19.9 Å². The van der Waals surface area contributed by atoms with Crippen molar-refractivity contribution in [2.45, 2.75) is 58.3 Å². The number of carboxylic acid groups (broad SMARTS) is 1. The number of ether oxygens (including phenoxy) is 6. The Labute approximate surface area is 197 Å². The highest BCUT2D eigenvalue weighted by Gasteiger charge is 2.30. The Bertz CT molecular complexity index is 870. The highest BCUT2D eigenvalue weighted by atomic mass is 16.7. The predicted molar refractivity (Wildman–Crippen MR) is 117 cm³/mol. The normalized spacial score (nSPS) is 14.2. The Kier molecular flexibility index (Phi) is 11.1. The van der Waals surface area contributed by atoms with Gasteiger partial charge >= 0.3 is 24.4 Å². The minimum Gasteiger partial charge on any atom is -0.480 e. The molecule has 1 rings (SSSR count). The lowest BCUT2D eigenvalue weighted by Gasteiger charge is -2.25. The van der Waals surface area contributed by atoms with E-state index in [0.29, 0.717) is 5.56 Å². The van der Waals surface area contributed by atoms with Crippen LogP contribution in [0.5, 0.6) is 11.5 Å². The summed E-state index contributed by atoms with van der Waals surface area (Å²) < 4.78 is 29.3. The largest absolute Gasteiger partial charge is 0.513 e. The maximum atomic E-state index is 12.1. The van der Waals surface area contributed by atoms with Crippen molar-refractivity contribution in [2.24, 2.45) is 11.7 Å². The molecule has 4 atom stereocenters. The molecule has 0 aromatic heterocycles. The Morgan fingerprint density at radius 1 is 0.882 bits per heavy atom. The van der Waals surface area contributed by atoms with Gasteiger partial charge in [-0.15, -0.1) is 0 Å². The summed E-state index contributed by atoms with van der Waals surface area (Å²) in [6.45, 7) is 7.04. The number of carboxylic acids is 1. The van der Waals surface area contributed by atoms with Gasteiger partial charge in [0.05, 0.1) is 14.2 Å². The molecule has 0 heterocycles. The lowest BCUT2D eigenvalue weighted by atomic mass is 9.87. The Morgan fingerprint density at radius 2 is 1.44 bits per heavy atom. The second-order valence-electron chi connectivity index (χ2n) is 7.77. The lowest BCUT2D eigenvalue weighted by molar-refractivity contribution is -0.139. The fraction of sp³-hybridized carbons (Fsp3) is 0.545. The molecule has 1 aromatic rings. The smallest absolute Gasteiger partial charge is 0.480 e. The third-order valence-electron chi connectivity index (χ3n) is 4.94. The molecule has 3 unspecified atom stereocenters. The molecule has 0 bridgehead atoms. The zero-order valence-corrected chi connectivity index (χ0v) is 19.9. The maximum absolute atomic E-state index is 12.1. The van der Waals surface area contributed by atoms with Crippen molar-refractivity contribution in [1.82, 2.24) is 0 Å². The van der Waals surface area contributed by atoms with Crippen LogP contribution in [0.1, 0.15) is 45.6 Å². The predicted octanol–water partition coefficient (Wildman–Crippen LogP) is 3.45. The molecule has 3 N–H and O–H groups in total. The van der Waals surface area contributed by atoms with E-state index < -0.39 is 42.5 Å². The number of methoxy groups -OCH3 is 2. The third kappa shape index (κ3) is 8.77. The van der Waals surface area contributed by atoms with Crippen molar-refractivity contribution in [3.63, 3.8) is 0 Å². The van der Waals surface area contributed by atoms with Crippen LogP contribution in [-0.2, 0) is 23.7 Å². The number of carbonyl (C=O) groups is 4. The van der Waals surface area contributed by atoms with E-state index in [1.165, 1.54) is 18.2 Å². The molecule has 190 valence electrons. The number of hydrogen-bond acceptors (Lipinski definition) is 11. The summed E-state index contributed by atoms with van der Waals surface area (Å²) in [4.78, 5) is 46.8. The summed E-state index contributed by atoms with van der Waals surface area (Å²) in [5, 5.41) is 9.50. The van der Waals surface area contributed by atoms with Crippen LogP contribution in [0.4, 0.5) is 14.4 Å². The molecule has 0 aliphatic rings. The minimum atomic E-state index is -1.41. The molecular weight excluding hydrogens is 454 g/mol. The van der Waals surface area contributed by atoms with Gasteiger partial charge in [-0.25, -0.2) is 14.4 Å². The topological polar surface area (TPSA) is 170 Å². The van der Waals surface area contributed by atoms with Gasteiger partial charge in [-0.3, -0.25) is 4.79 Å². The summed E-state index contributed by atoms with van der Waals surface area (Å²) in [6, 6.07) is 2.57. The average Bonchev–Trinajstić information content (AvgIpc) is 2.77. The number of benzene rings is 1. The lowest BCUT2D eigenvalue weighted by Crippen LogP contribution is -2.38. The first-order valence-electron chi connectivity index (χ1n) is 10.4. The van der Waals surface area contributed by atoms with Gasteiger partial charge in [0.25, 0.3) is 0 Å². The van der Waals surface area contributed by atoms with Crippen molar-refractivity contribution in [2.75, 3.05) is 14.2 Å². The van der Waals surface area contributed by atoms with Gasteiger partial charge in [0, 0.05) is 5.92 Å². The van der Waals surface area contributed by atoms with E-state index in [2.05, 4.69) is 9.47 Å². The Balaban J connectivity index is 3.21. The fourth-order valence-electron chi connectivity index (χ4n) is 2.73. The van der Waals surface area contributed by atoms with Crippen molar-refractivity contribution in [1.29, 1.82) is 0 Å². The summed E-state index contributed by atoms with van der Waals surface area (Å²) >= 11 is 0. The minimum absolute atomic E-state index is 0.00645. The first-order valence-corrected chi connectivity index (χ1v) is 10.4. The highest BCUT2D eigenvalue weighted by molar-refractivity contribution is 5.75. The second-order valence-corrected chi connectivity index (χ2v) is 7.77. The molecule has 0 aliphatic carbocycles. The summed E-state index contributed by atoms with van der Waals surface area (Å²) in [5.74, 6) is -2.54. The van der Waals surface area contributed by atoms with E-state index in [0.717, 1.165) is 14.2 Å². The van der Waals surface area contributed by atoms with E-state index >= 15 is 0 Å². The van der Waals surface area contributed by atoms with Crippen LogP contribution in [-0.4, -0.2) is 62.0 Å². The highest BCUT2D eigenvalue weighted by Crippen LogP contribution is 2.35. The van der Waals surface area contributed by atoms with Gasteiger partial charge in [0.15, 0.2) is 11.5 Å². The van der Waals surface area contributed by atoms with E-state index in [4.69, 9.17) is 24.7 Å². The van der Waals surface area contributed by atoms with Crippen LogP contribution >= 0.6 is 0 Å². The molecule has 0 fully saturated rings. The first-order chi connectivity index (χ1) is 15.9. The third-order valence-corrected chi connectivity index (χ3v) is 4.94. The SMILES string of the molecule is COC(=O)Oc1ccc(C(CC(C)OC(=O)OC(C)C(C)C)[C@H](N)C(=O)O)cc1OC(=O)OC. The van der Waals surface area contributed by atoms with Gasteiger partial charge in [0.1, 0.15) is 18.2 Å². The maximum Gasteiger partial charge on any atom is 0.513 e. The van der Waals surface area contributed by atoms with Crippen LogP contribution in [0.2, 0.25) is 0 Å². The monoisotopic (exact) mass is 485 g/mol. The number of hydrogen-bond donors (Lipinski definition) is 2. The Hall–Kier alpha value is -3.54. The molecule has 0 spiro atoms. The van der Waals surface area contributed by atoms with Crippen molar-refractivity contribution in [3.8, 4) is 11.5 Å². The molecular formula is C22H31NO11. The van der Waals surface area contributed by atoms with E-state index in [1.807, 2.05) is 13.8 Å². The zero-order chi connectivity index (χ0) is 26.0. The molecule has 0 saturated carbocycles. The molecule has 0 amide bonds. The number of nitrogens with two attached hydrogens (primary N) is 1. The van der Waals surface area contributed by atoms with Crippen LogP contribution in [0.15, 0.2) is 18.2 Å².